The lowest BCUT2D eigenvalue weighted by molar-refractivity contribution is -0.125. The monoisotopic (exact) mass is 209 g/mol. The third-order valence-corrected chi connectivity index (χ3v) is 3.98. The lowest BCUT2D eigenvalue weighted by Gasteiger charge is -2.29. The molecule has 0 N–H and O–H groups in total. The van der Waals surface area contributed by atoms with E-state index in [0.717, 1.165) is 25.2 Å². The number of carbonyl (C=O) groups excluding carboxylic acids is 1. The van der Waals surface area contributed by atoms with Gasteiger partial charge in [-0.25, -0.2) is 0 Å². The van der Waals surface area contributed by atoms with Crippen LogP contribution in [0.5, 0.6) is 0 Å². The van der Waals surface area contributed by atoms with Gasteiger partial charge in [-0.2, -0.15) is 0 Å². The van der Waals surface area contributed by atoms with E-state index in [2.05, 4.69) is 11.8 Å². The molecule has 86 valence electrons. The van der Waals surface area contributed by atoms with Crippen LogP contribution in [-0.4, -0.2) is 29.8 Å². The molecule has 2 unspecified atom stereocenters. The average molecular weight is 209 g/mol. The quantitative estimate of drug-likeness (QED) is 0.712. The molecular formula is C13H23NO. The van der Waals surface area contributed by atoms with Crippen LogP contribution in [0.15, 0.2) is 0 Å². The Balaban J connectivity index is 1.86. The van der Waals surface area contributed by atoms with Crippen LogP contribution in [0.1, 0.15) is 51.9 Å². The van der Waals surface area contributed by atoms with Crippen molar-refractivity contribution in [2.24, 2.45) is 5.92 Å². The molecule has 1 aliphatic heterocycles. The lowest BCUT2D eigenvalue weighted by Crippen LogP contribution is -2.41. The first-order valence-electron chi connectivity index (χ1n) is 6.58. The van der Waals surface area contributed by atoms with Gasteiger partial charge in [-0.15, -0.1) is 0 Å². The molecule has 2 atom stereocenters. The summed E-state index contributed by atoms with van der Waals surface area (Å²) in [6.45, 7) is 4.61. The highest BCUT2D eigenvalue weighted by molar-refractivity contribution is 5.84. The Morgan fingerprint density at radius 1 is 1.33 bits per heavy atom. The molecule has 0 aromatic rings. The zero-order valence-electron chi connectivity index (χ0n) is 9.87. The maximum absolute atomic E-state index is 11.8. The largest absolute Gasteiger partial charge is 0.298 e. The van der Waals surface area contributed by atoms with Crippen molar-refractivity contribution >= 4 is 5.78 Å². The summed E-state index contributed by atoms with van der Waals surface area (Å²) < 4.78 is 0. The van der Waals surface area contributed by atoms with Gasteiger partial charge in [-0.3, -0.25) is 9.69 Å². The third-order valence-electron chi connectivity index (χ3n) is 3.98. The van der Waals surface area contributed by atoms with Gasteiger partial charge in [0, 0.05) is 13.0 Å². The Morgan fingerprint density at radius 3 is 2.93 bits per heavy atom. The normalized spacial score (nSPS) is 33.5. The fraction of sp³-hybridized carbons (Fsp3) is 0.923. The Morgan fingerprint density at radius 2 is 2.20 bits per heavy atom. The number of likely N-dealkylation sites (tertiary alicyclic amines) is 1. The molecule has 2 aliphatic rings. The van der Waals surface area contributed by atoms with Gasteiger partial charge >= 0.3 is 0 Å². The van der Waals surface area contributed by atoms with Gasteiger partial charge in [0.05, 0.1) is 6.04 Å². The summed E-state index contributed by atoms with van der Waals surface area (Å²) in [5.41, 5.74) is 0. The summed E-state index contributed by atoms with van der Waals surface area (Å²) in [6.07, 6.45) is 8.29. The molecule has 0 bridgehead atoms. The van der Waals surface area contributed by atoms with Crippen LogP contribution in [0.4, 0.5) is 0 Å². The molecule has 15 heavy (non-hydrogen) atoms. The van der Waals surface area contributed by atoms with Crippen molar-refractivity contribution in [3.63, 3.8) is 0 Å². The number of hydrogen-bond donors (Lipinski definition) is 0. The molecule has 1 saturated carbocycles. The van der Waals surface area contributed by atoms with Crippen LogP contribution < -0.4 is 0 Å². The van der Waals surface area contributed by atoms with Crippen LogP contribution in [0, 0.1) is 5.92 Å². The molecule has 0 aromatic heterocycles. The highest BCUT2D eigenvalue weighted by Gasteiger charge is 2.32. The first-order valence-corrected chi connectivity index (χ1v) is 6.58. The second-order valence-electron chi connectivity index (χ2n) is 5.17. The molecule has 1 saturated heterocycles. The van der Waals surface area contributed by atoms with Gasteiger partial charge < -0.3 is 0 Å². The fourth-order valence-electron chi connectivity index (χ4n) is 3.14. The van der Waals surface area contributed by atoms with E-state index in [1.807, 2.05) is 0 Å². The molecule has 2 heteroatoms. The van der Waals surface area contributed by atoms with E-state index in [0.29, 0.717) is 11.8 Å². The molecule has 1 aliphatic carbocycles. The average Bonchev–Trinajstić information content (AvgIpc) is 2.68. The van der Waals surface area contributed by atoms with Crippen molar-refractivity contribution in [1.29, 1.82) is 0 Å². The molecule has 0 radical (unpaired) electrons. The molecule has 2 nitrogen and oxygen atoms in total. The van der Waals surface area contributed by atoms with E-state index >= 15 is 0 Å². The van der Waals surface area contributed by atoms with Gasteiger partial charge in [0.1, 0.15) is 5.78 Å². The van der Waals surface area contributed by atoms with E-state index in [-0.39, 0.29) is 0 Å². The Hall–Kier alpha value is -0.370. The van der Waals surface area contributed by atoms with Gasteiger partial charge in [0.15, 0.2) is 0 Å². The topological polar surface area (TPSA) is 20.3 Å². The molecule has 0 spiro atoms. The number of carbonyl (C=O) groups is 1. The molecular weight excluding hydrogens is 186 g/mol. The first kappa shape index (κ1) is 11.1. The smallest absolute Gasteiger partial charge is 0.149 e. The van der Waals surface area contributed by atoms with Gasteiger partial charge in [-0.05, 0) is 38.1 Å². The van der Waals surface area contributed by atoms with Crippen molar-refractivity contribution in [3.05, 3.63) is 0 Å². The van der Waals surface area contributed by atoms with Crippen LogP contribution in [0.25, 0.3) is 0 Å². The standard InChI is InChI=1S/C13H23NO/c1-2-5-11-8-9-14(10-11)12-6-3-4-7-13(12)15/h11-12H,2-10H2,1H3. The van der Waals surface area contributed by atoms with E-state index < -0.39 is 0 Å². The van der Waals surface area contributed by atoms with Crippen molar-refractivity contribution in [2.75, 3.05) is 13.1 Å². The molecule has 0 aromatic carbocycles. The second kappa shape index (κ2) is 5.11. The van der Waals surface area contributed by atoms with E-state index in [4.69, 9.17) is 0 Å². The maximum atomic E-state index is 11.8. The zero-order chi connectivity index (χ0) is 10.7. The van der Waals surface area contributed by atoms with Crippen molar-refractivity contribution < 1.29 is 4.79 Å². The number of nitrogens with zero attached hydrogens (tertiary/aromatic N) is 1. The van der Waals surface area contributed by atoms with Crippen LogP contribution in [-0.2, 0) is 4.79 Å². The minimum absolute atomic E-state index is 0.292. The Labute approximate surface area is 93.0 Å². The summed E-state index contributed by atoms with van der Waals surface area (Å²) in [5.74, 6) is 1.38. The summed E-state index contributed by atoms with van der Waals surface area (Å²) >= 11 is 0. The van der Waals surface area contributed by atoms with Gasteiger partial charge in [0.2, 0.25) is 0 Å². The fourth-order valence-corrected chi connectivity index (χ4v) is 3.14. The first-order chi connectivity index (χ1) is 7.31. The van der Waals surface area contributed by atoms with Crippen molar-refractivity contribution in [2.45, 2.75) is 57.9 Å². The minimum atomic E-state index is 0.292. The summed E-state index contributed by atoms with van der Waals surface area (Å²) in [7, 11) is 0. The predicted octanol–water partition coefficient (Wildman–Crippen LogP) is 2.62. The minimum Gasteiger partial charge on any atom is -0.298 e. The van der Waals surface area contributed by atoms with Crippen molar-refractivity contribution in [3.8, 4) is 0 Å². The van der Waals surface area contributed by atoms with E-state index in [1.54, 1.807) is 0 Å². The predicted molar refractivity (Wildman–Crippen MR) is 61.9 cm³/mol. The van der Waals surface area contributed by atoms with Crippen LogP contribution >= 0.6 is 0 Å². The Kier molecular flexibility index (Phi) is 3.79. The summed E-state index contributed by atoms with van der Waals surface area (Å²) in [6, 6.07) is 0.292. The number of ketones is 1. The number of hydrogen-bond acceptors (Lipinski definition) is 2. The van der Waals surface area contributed by atoms with E-state index in [9.17, 15) is 4.79 Å². The molecule has 2 rings (SSSR count). The molecule has 0 amide bonds. The SMILES string of the molecule is CCCC1CCN(C2CCCCC2=O)C1. The van der Waals surface area contributed by atoms with Crippen LogP contribution in [0.3, 0.4) is 0 Å². The number of rotatable bonds is 3. The van der Waals surface area contributed by atoms with Gasteiger partial charge in [0.25, 0.3) is 0 Å². The highest BCUT2D eigenvalue weighted by atomic mass is 16.1. The van der Waals surface area contributed by atoms with Crippen LogP contribution in [0.2, 0.25) is 0 Å². The third kappa shape index (κ3) is 2.60. The second-order valence-corrected chi connectivity index (χ2v) is 5.17. The summed E-state index contributed by atoms with van der Waals surface area (Å²) in [4.78, 5) is 14.3. The number of Topliss-reactive ketones (excluding diaryl/α,β-unsaturated/α-hetero) is 1. The zero-order valence-corrected chi connectivity index (χ0v) is 9.87. The Bertz CT molecular complexity index is 227. The highest BCUT2D eigenvalue weighted by Crippen LogP contribution is 2.27. The molecule has 1 heterocycles. The van der Waals surface area contributed by atoms with E-state index in [1.165, 1.54) is 38.8 Å². The van der Waals surface area contributed by atoms with Gasteiger partial charge in [-0.1, -0.05) is 19.8 Å². The summed E-state index contributed by atoms with van der Waals surface area (Å²) in [5, 5.41) is 0. The maximum Gasteiger partial charge on any atom is 0.149 e. The lowest BCUT2D eigenvalue weighted by atomic mass is 9.93. The molecule has 2 fully saturated rings. The van der Waals surface area contributed by atoms with Crippen molar-refractivity contribution in [1.82, 2.24) is 4.90 Å².